The third-order valence-corrected chi connectivity index (χ3v) is 5.70. The molecular weight excluding hydrogens is 372 g/mol. The van der Waals surface area contributed by atoms with E-state index in [1.165, 1.54) is 39.0 Å². The molecule has 1 aliphatic rings. The van der Waals surface area contributed by atoms with E-state index in [1.54, 1.807) is 0 Å². The van der Waals surface area contributed by atoms with Gasteiger partial charge in [-0.3, -0.25) is 0 Å². The van der Waals surface area contributed by atoms with Crippen molar-refractivity contribution in [2.75, 3.05) is 0 Å². The number of hydrogen-bond acceptors (Lipinski definition) is 0. The zero-order valence-corrected chi connectivity index (χ0v) is 19.8. The van der Waals surface area contributed by atoms with Crippen molar-refractivity contribution in [1.82, 2.24) is 0 Å². The normalized spacial score (nSPS) is 14.4. The fourth-order valence-electron chi connectivity index (χ4n) is 4.18. The minimum Gasteiger partial charge on any atom is -0.0991 e. The molecule has 0 radical (unpaired) electrons. The van der Waals surface area contributed by atoms with Crippen LogP contribution in [0.15, 0.2) is 98.7 Å². The molecule has 0 saturated carbocycles. The summed E-state index contributed by atoms with van der Waals surface area (Å²) in [6.07, 6.45) is 15.0. The Morgan fingerprint density at radius 2 is 1.39 bits per heavy atom. The Bertz CT molecular complexity index is 1050. The van der Waals surface area contributed by atoms with Gasteiger partial charge in [0.1, 0.15) is 0 Å². The van der Waals surface area contributed by atoms with Gasteiger partial charge in [0, 0.05) is 5.41 Å². The van der Waals surface area contributed by atoms with Crippen LogP contribution in [0.5, 0.6) is 0 Å². The summed E-state index contributed by atoms with van der Waals surface area (Å²) in [6.45, 7) is 22.4. The molecule has 0 fully saturated rings. The monoisotopic (exact) mass is 408 g/mol. The Kier molecular flexibility index (Phi) is 8.39. The lowest BCUT2D eigenvalue weighted by Crippen LogP contribution is -2.15. The number of allylic oxidation sites excluding steroid dienone is 9. The SMILES string of the molecule is C=C/C=C\C(=C/CC)c1ccc2c(c1)C(C)(C)c1cc(/C(C=C)=C/C=C)ccc1-2.CC. The van der Waals surface area contributed by atoms with E-state index in [1.807, 2.05) is 44.2 Å². The zero-order chi connectivity index (χ0) is 23.0. The first kappa shape index (κ1) is 24.2. The van der Waals surface area contributed by atoms with Crippen LogP contribution in [0.3, 0.4) is 0 Å². The predicted molar refractivity (Wildman–Crippen MR) is 141 cm³/mol. The molecule has 0 atom stereocenters. The van der Waals surface area contributed by atoms with E-state index in [0.717, 1.165) is 12.0 Å². The van der Waals surface area contributed by atoms with Gasteiger partial charge >= 0.3 is 0 Å². The molecule has 160 valence electrons. The second kappa shape index (κ2) is 10.8. The lowest BCUT2D eigenvalue weighted by atomic mass is 9.80. The molecule has 1 aliphatic carbocycles. The Morgan fingerprint density at radius 3 is 1.84 bits per heavy atom. The summed E-state index contributed by atoms with van der Waals surface area (Å²) in [7, 11) is 0. The molecular formula is C31H36. The summed E-state index contributed by atoms with van der Waals surface area (Å²) in [4.78, 5) is 0. The van der Waals surface area contributed by atoms with E-state index in [4.69, 9.17) is 0 Å². The second-order valence-corrected chi connectivity index (χ2v) is 7.87. The molecule has 0 heteroatoms. The maximum Gasteiger partial charge on any atom is 0.0159 e. The second-order valence-electron chi connectivity index (χ2n) is 7.87. The number of hydrogen-bond donors (Lipinski definition) is 0. The molecule has 0 bridgehead atoms. The van der Waals surface area contributed by atoms with Crippen molar-refractivity contribution in [3.63, 3.8) is 0 Å². The molecule has 0 nitrogen and oxygen atoms in total. The molecule has 0 aliphatic heterocycles. The van der Waals surface area contributed by atoms with Crippen LogP contribution < -0.4 is 0 Å². The lowest BCUT2D eigenvalue weighted by Gasteiger charge is -2.23. The number of rotatable bonds is 7. The molecule has 0 unspecified atom stereocenters. The van der Waals surface area contributed by atoms with E-state index >= 15 is 0 Å². The third-order valence-electron chi connectivity index (χ3n) is 5.70. The minimum atomic E-state index is -0.0589. The fraction of sp³-hybridized carbons (Fsp3) is 0.226. The zero-order valence-electron chi connectivity index (χ0n) is 19.8. The molecule has 0 aromatic heterocycles. The molecule has 0 N–H and O–H groups in total. The Morgan fingerprint density at radius 1 is 0.839 bits per heavy atom. The number of benzene rings is 2. The van der Waals surface area contributed by atoms with Crippen molar-refractivity contribution in [2.45, 2.75) is 46.5 Å². The van der Waals surface area contributed by atoms with Gasteiger partial charge in [-0.25, -0.2) is 0 Å². The highest BCUT2D eigenvalue weighted by Gasteiger charge is 2.35. The highest BCUT2D eigenvalue weighted by Crippen LogP contribution is 2.50. The molecule has 0 heterocycles. The Hall–Kier alpha value is -3.12. The Balaban J connectivity index is 0.00000166. The average molecular weight is 409 g/mol. The van der Waals surface area contributed by atoms with Gasteiger partial charge in [0.2, 0.25) is 0 Å². The van der Waals surface area contributed by atoms with Crippen LogP contribution in [0, 0.1) is 0 Å². The van der Waals surface area contributed by atoms with Crippen LogP contribution >= 0.6 is 0 Å². The topological polar surface area (TPSA) is 0 Å². The first-order chi connectivity index (χ1) is 15.0. The third kappa shape index (κ3) is 4.80. The fourth-order valence-corrected chi connectivity index (χ4v) is 4.18. The summed E-state index contributed by atoms with van der Waals surface area (Å²) >= 11 is 0. The van der Waals surface area contributed by atoms with Crippen LogP contribution in [0.25, 0.3) is 22.3 Å². The van der Waals surface area contributed by atoms with Crippen molar-refractivity contribution >= 4 is 11.1 Å². The summed E-state index contributed by atoms with van der Waals surface area (Å²) in [5.74, 6) is 0. The van der Waals surface area contributed by atoms with Gasteiger partial charge in [-0.2, -0.15) is 0 Å². The van der Waals surface area contributed by atoms with E-state index < -0.39 is 0 Å². The van der Waals surface area contributed by atoms with E-state index in [-0.39, 0.29) is 5.41 Å². The molecule has 31 heavy (non-hydrogen) atoms. The van der Waals surface area contributed by atoms with Crippen LogP contribution in [0.1, 0.15) is 63.3 Å². The molecule has 3 rings (SSSR count). The predicted octanol–water partition coefficient (Wildman–Crippen LogP) is 9.31. The molecule has 2 aromatic carbocycles. The first-order valence-electron chi connectivity index (χ1n) is 11.2. The van der Waals surface area contributed by atoms with E-state index in [9.17, 15) is 0 Å². The van der Waals surface area contributed by atoms with Gasteiger partial charge < -0.3 is 0 Å². The maximum absolute atomic E-state index is 3.96. The minimum absolute atomic E-state index is 0.0589. The van der Waals surface area contributed by atoms with Gasteiger partial charge in [0.15, 0.2) is 0 Å². The van der Waals surface area contributed by atoms with Gasteiger partial charge in [-0.15, -0.1) is 0 Å². The van der Waals surface area contributed by atoms with Crippen molar-refractivity contribution in [3.8, 4) is 11.1 Å². The van der Waals surface area contributed by atoms with Crippen LogP contribution in [-0.2, 0) is 5.41 Å². The van der Waals surface area contributed by atoms with Crippen LogP contribution in [-0.4, -0.2) is 0 Å². The lowest BCUT2D eigenvalue weighted by molar-refractivity contribution is 0.660. The van der Waals surface area contributed by atoms with Gasteiger partial charge in [-0.1, -0.05) is 121 Å². The van der Waals surface area contributed by atoms with Crippen molar-refractivity contribution in [1.29, 1.82) is 0 Å². The average Bonchev–Trinajstić information content (AvgIpc) is 3.02. The molecule has 0 amide bonds. The maximum atomic E-state index is 3.96. The largest absolute Gasteiger partial charge is 0.0991 e. The summed E-state index contributed by atoms with van der Waals surface area (Å²) in [6, 6.07) is 13.6. The number of fused-ring (bicyclic) bond motifs is 3. The van der Waals surface area contributed by atoms with Crippen molar-refractivity contribution < 1.29 is 0 Å². The van der Waals surface area contributed by atoms with Crippen molar-refractivity contribution in [3.05, 3.63) is 121 Å². The Labute approximate surface area is 189 Å². The highest BCUT2D eigenvalue weighted by molar-refractivity contribution is 5.86. The first-order valence-corrected chi connectivity index (χ1v) is 11.2. The van der Waals surface area contributed by atoms with Gasteiger partial charge in [-0.05, 0) is 63.1 Å². The molecule has 0 saturated heterocycles. The smallest absolute Gasteiger partial charge is 0.0159 e. The van der Waals surface area contributed by atoms with E-state index in [0.29, 0.717) is 0 Å². The summed E-state index contributed by atoms with van der Waals surface area (Å²) < 4.78 is 0. The molecule has 0 spiro atoms. The summed E-state index contributed by atoms with van der Waals surface area (Å²) in [5, 5.41) is 0. The van der Waals surface area contributed by atoms with Crippen LogP contribution in [0.4, 0.5) is 0 Å². The van der Waals surface area contributed by atoms with Gasteiger partial charge in [0.25, 0.3) is 0 Å². The standard InChI is InChI=1S/C29H30.C2H6/c1-7-11-14-22(13-9-3)24-16-18-26-25-17-15-23(21(10-4)12-8-2)19-27(25)29(5,6)28(26)20-24;1-2/h7-8,10-20H,1-2,4,9H2,3,5-6H3;1-2H3/b14-11-,21-12+,22-13+;. The van der Waals surface area contributed by atoms with Gasteiger partial charge in [0.05, 0.1) is 0 Å². The molecule has 2 aromatic rings. The highest BCUT2D eigenvalue weighted by atomic mass is 14.4. The van der Waals surface area contributed by atoms with E-state index in [2.05, 4.69) is 89.1 Å². The van der Waals surface area contributed by atoms with Crippen molar-refractivity contribution in [2.24, 2.45) is 0 Å². The van der Waals surface area contributed by atoms with Crippen LogP contribution in [0.2, 0.25) is 0 Å². The quantitative estimate of drug-likeness (QED) is 0.400. The summed E-state index contributed by atoms with van der Waals surface area (Å²) in [5.41, 5.74) is 10.1.